The van der Waals surface area contributed by atoms with E-state index in [0.717, 1.165) is 5.56 Å². The van der Waals surface area contributed by atoms with Crippen LogP contribution < -0.4 is 5.73 Å². The third kappa shape index (κ3) is 2.60. The van der Waals surface area contributed by atoms with Crippen LogP contribution in [-0.2, 0) is 0 Å². The lowest BCUT2D eigenvalue weighted by atomic mass is 10.1. The predicted molar refractivity (Wildman–Crippen MR) is 83.4 cm³/mol. The van der Waals surface area contributed by atoms with Gasteiger partial charge in [-0.05, 0) is 18.2 Å². The Morgan fingerprint density at radius 3 is 2.48 bits per heavy atom. The Morgan fingerprint density at radius 2 is 1.76 bits per heavy atom. The van der Waals surface area contributed by atoms with Crippen molar-refractivity contribution in [2.45, 2.75) is 0 Å². The second-order valence-electron chi connectivity index (χ2n) is 4.44. The minimum Gasteiger partial charge on any atom is -0.384 e. The van der Waals surface area contributed by atoms with E-state index in [1.807, 2.05) is 18.2 Å². The Balaban J connectivity index is 2.10. The zero-order valence-electron chi connectivity index (χ0n) is 10.7. The molecule has 0 bridgehead atoms. The number of nitrogen functional groups attached to an aromatic ring is 1. The highest BCUT2D eigenvalue weighted by Crippen LogP contribution is 2.29. The molecule has 0 spiro atoms. The number of rotatable bonds is 2. The Hall–Kier alpha value is -2.04. The summed E-state index contributed by atoms with van der Waals surface area (Å²) >= 11 is 11.8. The van der Waals surface area contributed by atoms with Gasteiger partial charge in [-0.25, -0.2) is 9.07 Å². The fraction of sp³-hybridized carbons (Fsp3) is 0. The van der Waals surface area contributed by atoms with Gasteiger partial charge in [0.1, 0.15) is 11.6 Å². The minimum absolute atomic E-state index is 0.0517. The second kappa shape index (κ2) is 5.39. The summed E-state index contributed by atoms with van der Waals surface area (Å²) in [6.45, 7) is 0. The standard InChI is InChI=1S/C15H10Cl2FN3/c16-11-4-2-1-3-10(11)14-8-15(19)21(20-14)9-5-6-12(17)13(18)7-9/h1-8H,19H2. The van der Waals surface area contributed by atoms with Gasteiger partial charge in [-0.3, -0.25) is 0 Å². The van der Waals surface area contributed by atoms with Gasteiger partial charge in [-0.15, -0.1) is 0 Å². The number of hydrogen-bond donors (Lipinski definition) is 1. The molecule has 0 aliphatic carbocycles. The summed E-state index contributed by atoms with van der Waals surface area (Å²) in [7, 11) is 0. The molecule has 106 valence electrons. The van der Waals surface area contributed by atoms with Gasteiger partial charge in [0, 0.05) is 17.7 Å². The van der Waals surface area contributed by atoms with Crippen LogP contribution in [0.4, 0.5) is 10.2 Å². The van der Waals surface area contributed by atoms with Gasteiger partial charge in [0.2, 0.25) is 0 Å². The van der Waals surface area contributed by atoms with Crippen molar-refractivity contribution in [2.75, 3.05) is 5.73 Å². The van der Waals surface area contributed by atoms with Gasteiger partial charge in [-0.2, -0.15) is 5.10 Å². The lowest BCUT2D eigenvalue weighted by Gasteiger charge is -2.04. The normalized spacial score (nSPS) is 10.8. The van der Waals surface area contributed by atoms with Crippen molar-refractivity contribution in [2.24, 2.45) is 0 Å². The number of nitrogens with zero attached hydrogens (tertiary/aromatic N) is 2. The van der Waals surface area contributed by atoms with Crippen molar-refractivity contribution >= 4 is 29.0 Å². The molecule has 0 unspecified atom stereocenters. The third-order valence-corrected chi connectivity index (χ3v) is 3.67. The molecule has 0 fully saturated rings. The molecular formula is C15H10Cl2FN3. The molecule has 3 aromatic rings. The zero-order chi connectivity index (χ0) is 15.0. The average Bonchev–Trinajstić information content (AvgIpc) is 2.84. The first kappa shape index (κ1) is 13.9. The summed E-state index contributed by atoms with van der Waals surface area (Å²) in [6.07, 6.45) is 0. The fourth-order valence-electron chi connectivity index (χ4n) is 2.02. The van der Waals surface area contributed by atoms with Gasteiger partial charge < -0.3 is 5.73 Å². The van der Waals surface area contributed by atoms with Gasteiger partial charge in [0.15, 0.2) is 0 Å². The maximum Gasteiger partial charge on any atom is 0.143 e. The number of benzene rings is 2. The Kier molecular flexibility index (Phi) is 3.57. The molecule has 2 aromatic carbocycles. The molecule has 3 rings (SSSR count). The molecule has 2 N–H and O–H groups in total. The van der Waals surface area contributed by atoms with Crippen LogP contribution in [0.1, 0.15) is 0 Å². The van der Waals surface area contributed by atoms with Crippen molar-refractivity contribution in [1.29, 1.82) is 0 Å². The SMILES string of the molecule is Nc1cc(-c2ccccc2Cl)nn1-c1ccc(Cl)c(F)c1. The summed E-state index contributed by atoms with van der Waals surface area (Å²) in [4.78, 5) is 0. The lowest BCUT2D eigenvalue weighted by molar-refractivity contribution is 0.626. The Bertz CT molecular complexity index is 814. The van der Waals surface area contributed by atoms with Gasteiger partial charge in [0.05, 0.1) is 21.4 Å². The van der Waals surface area contributed by atoms with Gasteiger partial charge in [0.25, 0.3) is 0 Å². The van der Waals surface area contributed by atoms with E-state index in [4.69, 9.17) is 28.9 Å². The lowest BCUT2D eigenvalue weighted by Crippen LogP contribution is -2.02. The first-order chi connectivity index (χ1) is 10.1. The predicted octanol–water partition coefficient (Wildman–Crippen LogP) is 4.57. The van der Waals surface area contributed by atoms with Crippen LogP contribution in [0.5, 0.6) is 0 Å². The third-order valence-electron chi connectivity index (χ3n) is 3.03. The molecular weight excluding hydrogens is 312 g/mol. The largest absolute Gasteiger partial charge is 0.384 e. The molecule has 3 nitrogen and oxygen atoms in total. The summed E-state index contributed by atoms with van der Waals surface area (Å²) in [5, 5.41) is 5.00. The van der Waals surface area contributed by atoms with E-state index in [1.165, 1.54) is 16.8 Å². The van der Waals surface area contributed by atoms with Gasteiger partial charge in [-0.1, -0.05) is 41.4 Å². The molecule has 21 heavy (non-hydrogen) atoms. The molecule has 6 heteroatoms. The van der Waals surface area contributed by atoms with E-state index in [9.17, 15) is 4.39 Å². The van der Waals surface area contributed by atoms with Crippen molar-refractivity contribution in [3.63, 3.8) is 0 Å². The second-order valence-corrected chi connectivity index (χ2v) is 5.26. The molecule has 0 amide bonds. The molecule has 0 saturated carbocycles. The highest BCUT2D eigenvalue weighted by molar-refractivity contribution is 6.33. The average molecular weight is 322 g/mol. The molecule has 1 aromatic heterocycles. The summed E-state index contributed by atoms with van der Waals surface area (Å²) < 4.78 is 15.0. The smallest absolute Gasteiger partial charge is 0.143 e. The van der Waals surface area contributed by atoms with Crippen LogP contribution in [0.2, 0.25) is 10.0 Å². The van der Waals surface area contributed by atoms with Crippen LogP contribution in [0, 0.1) is 5.82 Å². The highest BCUT2D eigenvalue weighted by Gasteiger charge is 2.12. The number of hydrogen-bond acceptors (Lipinski definition) is 2. The van der Waals surface area contributed by atoms with Crippen LogP contribution in [0.15, 0.2) is 48.5 Å². The zero-order valence-corrected chi connectivity index (χ0v) is 12.2. The maximum absolute atomic E-state index is 13.6. The van der Waals surface area contributed by atoms with E-state index in [2.05, 4.69) is 5.10 Å². The number of halogens is 3. The minimum atomic E-state index is -0.525. The monoisotopic (exact) mass is 321 g/mol. The molecule has 0 aliphatic heterocycles. The first-order valence-corrected chi connectivity index (χ1v) is 6.88. The Morgan fingerprint density at radius 1 is 1.00 bits per heavy atom. The molecule has 0 saturated heterocycles. The number of anilines is 1. The van der Waals surface area contributed by atoms with E-state index >= 15 is 0 Å². The molecule has 0 atom stereocenters. The Labute approximate surface area is 130 Å². The van der Waals surface area contributed by atoms with Crippen molar-refractivity contribution < 1.29 is 4.39 Å². The summed E-state index contributed by atoms with van der Waals surface area (Å²) in [5.41, 5.74) is 7.83. The molecule has 1 heterocycles. The number of aromatic nitrogens is 2. The quantitative estimate of drug-likeness (QED) is 0.751. The van der Waals surface area contributed by atoms with E-state index < -0.39 is 5.82 Å². The van der Waals surface area contributed by atoms with Crippen molar-refractivity contribution in [3.05, 3.63) is 64.4 Å². The highest BCUT2D eigenvalue weighted by atomic mass is 35.5. The number of nitrogens with two attached hydrogens (primary N) is 1. The topological polar surface area (TPSA) is 43.8 Å². The van der Waals surface area contributed by atoms with E-state index in [0.29, 0.717) is 22.2 Å². The first-order valence-electron chi connectivity index (χ1n) is 6.12. The van der Waals surface area contributed by atoms with Crippen LogP contribution in [0.3, 0.4) is 0 Å². The summed E-state index contributed by atoms with van der Waals surface area (Å²) in [5.74, 6) is -0.144. The van der Waals surface area contributed by atoms with Gasteiger partial charge >= 0.3 is 0 Å². The fourth-order valence-corrected chi connectivity index (χ4v) is 2.37. The molecule has 0 aliphatic rings. The van der Waals surface area contributed by atoms with Crippen LogP contribution in [-0.4, -0.2) is 9.78 Å². The maximum atomic E-state index is 13.6. The van der Waals surface area contributed by atoms with Crippen molar-refractivity contribution in [3.8, 4) is 16.9 Å². The van der Waals surface area contributed by atoms with E-state index in [1.54, 1.807) is 18.2 Å². The molecule has 0 radical (unpaired) electrons. The van der Waals surface area contributed by atoms with Crippen LogP contribution >= 0.6 is 23.2 Å². The van der Waals surface area contributed by atoms with Crippen molar-refractivity contribution in [1.82, 2.24) is 9.78 Å². The van der Waals surface area contributed by atoms with E-state index in [-0.39, 0.29) is 5.02 Å². The van der Waals surface area contributed by atoms with Crippen LogP contribution in [0.25, 0.3) is 16.9 Å². The summed E-state index contributed by atoms with van der Waals surface area (Å²) in [6, 6.07) is 13.4.